The summed E-state index contributed by atoms with van der Waals surface area (Å²) in [6.45, 7) is 4.69. The number of aromatic nitrogens is 2. The van der Waals surface area contributed by atoms with Gasteiger partial charge >= 0.3 is 0 Å². The number of nitrogens with zero attached hydrogens (tertiary/aromatic N) is 2. The molecule has 142 valence electrons. The molecule has 0 aliphatic carbocycles. The van der Waals surface area contributed by atoms with Gasteiger partial charge in [0, 0.05) is 11.0 Å². The van der Waals surface area contributed by atoms with Crippen LogP contribution in [0.4, 0.5) is 0 Å². The van der Waals surface area contributed by atoms with E-state index in [2.05, 4.69) is 26.2 Å². The molecule has 6 nitrogen and oxygen atoms in total. The number of nitrogens with one attached hydrogen (secondary N) is 1. The van der Waals surface area contributed by atoms with Crippen LogP contribution in [0.3, 0.4) is 0 Å². The highest BCUT2D eigenvalue weighted by Gasteiger charge is 2.19. The van der Waals surface area contributed by atoms with Crippen molar-refractivity contribution in [1.29, 1.82) is 0 Å². The topological polar surface area (TPSA) is 77.1 Å². The van der Waals surface area contributed by atoms with E-state index in [1.165, 1.54) is 11.8 Å². The number of halogens is 1. The molecule has 8 heteroatoms. The van der Waals surface area contributed by atoms with Gasteiger partial charge in [0.15, 0.2) is 5.16 Å². The lowest BCUT2D eigenvalue weighted by molar-refractivity contribution is -0.120. The maximum Gasteiger partial charge on any atom is 0.262 e. The summed E-state index contributed by atoms with van der Waals surface area (Å²) in [6, 6.07) is 9.03. The normalized spacial score (nSPS) is 12.3. The lowest BCUT2D eigenvalue weighted by Crippen LogP contribution is -2.31. The van der Waals surface area contributed by atoms with Crippen molar-refractivity contribution in [2.24, 2.45) is 0 Å². The molecule has 0 aliphatic rings. The Bertz CT molecular complexity index is 1000. The Kier molecular flexibility index (Phi) is 6.38. The van der Waals surface area contributed by atoms with Crippen molar-refractivity contribution in [3.05, 3.63) is 57.2 Å². The van der Waals surface area contributed by atoms with Crippen molar-refractivity contribution in [3.63, 3.8) is 0 Å². The zero-order chi connectivity index (χ0) is 19.4. The Morgan fingerprint density at radius 2 is 2.22 bits per heavy atom. The van der Waals surface area contributed by atoms with E-state index in [0.717, 1.165) is 10.9 Å². The van der Waals surface area contributed by atoms with Crippen LogP contribution in [0.15, 0.2) is 55.4 Å². The zero-order valence-corrected chi connectivity index (χ0v) is 17.5. The Labute approximate surface area is 169 Å². The van der Waals surface area contributed by atoms with Gasteiger partial charge in [-0.15, -0.1) is 0 Å². The number of carbonyl (C=O) groups is 1. The number of hydrogen-bond acceptors (Lipinski definition) is 5. The minimum Gasteiger partial charge on any atom is -0.467 e. The van der Waals surface area contributed by atoms with Crippen molar-refractivity contribution >= 4 is 44.5 Å². The van der Waals surface area contributed by atoms with Gasteiger partial charge in [-0.1, -0.05) is 34.6 Å². The van der Waals surface area contributed by atoms with E-state index >= 15 is 0 Å². The molecule has 0 fully saturated rings. The number of carbonyl (C=O) groups excluding carboxylic acids is 1. The minimum absolute atomic E-state index is 0.0890. The van der Waals surface area contributed by atoms with Gasteiger partial charge in [-0.3, -0.25) is 14.2 Å². The first-order valence-electron chi connectivity index (χ1n) is 8.66. The Morgan fingerprint density at radius 3 is 2.93 bits per heavy atom. The first-order chi connectivity index (χ1) is 13.0. The molecule has 0 spiro atoms. The predicted molar refractivity (Wildman–Crippen MR) is 110 cm³/mol. The van der Waals surface area contributed by atoms with Crippen LogP contribution in [0.1, 0.15) is 26.0 Å². The summed E-state index contributed by atoms with van der Waals surface area (Å²) in [5, 5.41) is 3.56. The highest BCUT2D eigenvalue weighted by Crippen LogP contribution is 2.24. The number of hydrogen-bond donors (Lipinski definition) is 1. The van der Waals surface area contributed by atoms with E-state index in [1.54, 1.807) is 36.0 Å². The lowest BCUT2D eigenvalue weighted by atomic mass is 10.2. The van der Waals surface area contributed by atoms with Crippen LogP contribution in [0, 0.1) is 0 Å². The summed E-state index contributed by atoms with van der Waals surface area (Å²) in [6.07, 6.45) is 2.37. The van der Waals surface area contributed by atoms with Gasteiger partial charge in [-0.25, -0.2) is 4.98 Å². The van der Waals surface area contributed by atoms with Gasteiger partial charge in [0.25, 0.3) is 5.56 Å². The van der Waals surface area contributed by atoms with E-state index in [-0.39, 0.29) is 11.5 Å². The van der Waals surface area contributed by atoms with Crippen molar-refractivity contribution in [3.8, 4) is 0 Å². The Morgan fingerprint density at radius 1 is 1.41 bits per heavy atom. The number of furan rings is 1. The third-order valence-corrected chi connectivity index (χ3v) is 5.58. The molecule has 1 N–H and O–H groups in total. The molecule has 0 saturated carbocycles. The lowest BCUT2D eigenvalue weighted by Gasteiger charge is -2.16. The average molecular weight is 450 g/mol. The highest BCUT2D eigenvalue weighted by atomic mass is 79.9. The van der Waals surface area contributed by atoms with Crippen LogP contribution in [-0.4, -0.2) is 20.7 Å². The molecule has 3 rings (SSSR count). The molecule has 1 aromatic carbocycles. The van der Waals surface area contributed by atoms with E-state index in [1.807, 2.05) is 19.1 Å². The Hall–Kier alpha value is -2.06. The van der Waals surface area contributed by atoms with Gasteiger partial charge in [-0.05, 0) is 43.7 Å². The number of fused-ring (bicyclic) bond motifs is 1. The molecule has 0 aliphatic heterocycles. The van der Waals surface area contributed by atoms with Crippen molar-refractivity contribution < 1.29 is 9.21 Å². The SMILES string of the molecule is CCCn1c(SC(C)C(=O)NCc2ccco2)nc2ccc(Br)cc2c1=O. The third kappa shape index (κ3) is 4.62. The fourth-order valence-electron chi connectivity index (χ4n) is 2.63. The first-order valence-corrected chi connectivity index (χ1v) is 10.3. The van der Waals surface area contributed by atoms with Crippen LogP contribution < -0.4 is 10.9 Å². The summed E-state index contributed by atoms with van der Waals surface area (Å²) < 4.78 is 7.71. The highest BCUT2D eigenvalue weighted by molar-refractivity contribution is 9.10. The van der Waals surface area contributed by atoms with Gasteiger partial charge < -0.3 is 9.73 Å². The Balaban J connectivity index is 1.84. The molecule has 0 bridgehead atoms. The fraction of sp³-hybridized carbons (Fsp3) is 0.316. The monoisotopic (exact) mass is 449 g/mol. The molecule has 27 heavy (non-hydrogen) atoms. The van der Waals surface area contributed by atoms with Gasteiger partial charge in [-0.2, -0.15) is 0 Å². The molecular formula is C19H20BrN3O3S. The maximum atomic E-state index is 12.9. The van der Waals surface area contributed by atoms with E-state index in [4.69, 9.17) is 4.42 Å². The molecule has 2 aromatic heterocycles. The molecule has 1 unspecified atom stereocenters. The van der Waals surface area contributed by atoms with Crippen molar-refractivity contribution in [2.75, 3.05) is 0 Å². The maximum absolute atomic E-state index is 12.9. The van der Waals surface area contributed by atoms with Crippen LogP contribution >= 0.6 is 27.7 Å². The number of thioether (sulfide) groups is 1. The predicted octanol–water partition coefficient (Wildman–Crippen LogP) is 3.96. The average Bonchev–Trinajstić information content (AvgIpc) is 3.17. The molecule has 1 amide bonds. The number of rotatable bonds is 7. The number of amides is 1. The second-order valence-corrected chi connectivity index (χ2v) is 8.29. The molecule has 1 atom stereocenters. The third-order valence-electron chi connectivity index (χ3n) is 4.00. The van der Waals surface area contributed by atoms with Gasteiger partial charge in [0.2, 0.25) is 5.91 Å². The summed E-state index contributed by atoms with van der Waals surface area (Å²) in [4.78, 5) is 29.9. The van der Waals surface area contributed by atoms with Crippen LogP contribution in [0.5, 0.6) is 0 Å². The molecule has 2 heterocycles. The number of benzene rings is 1. The van der Waals surface area contributed by atoms with Crippen LogP contribution in [0.25, 0.3) is 10.9 Å². The van der Waals surface area contributed by atoms with E-state index in [9.17, 15) is 9.59 Å². The van der Waals surface area contributed by atoms with Gasteiger partial charge in [0.1, 0.15) is 5.76 Å². The summed E-state index contributed by atoms with van der Waals surface area (Å²) in [7, 11) is 0. The molecule has 0 saturated heterocycles. The van der Waals surface area contributed by atoms with E-state index < -0.39 is 5.25 Å². The van der Waals surface area contributed by atoms with Crippen LogP contribution in [-0.2, 0) is 17.9 Å². The molecule has 3 aromatic rings. The minimum atomic E-state index is -0.400. The van der Waals surface area contributed by atoms with E-state index in [0.29, 0.717) is 34.9 Å². The van der Waals surface area contributed by atoms with Gasteiger partial charge in [0.05, 0.1) is 29.0 Å². The largest absolute Gasteiger partial charge is 0.467 e. The summed E-state index contributed by atoms with van der Waals surface area (Å²) in [5.41, 5.74) is 0.537. The first kappa shape index (κ1) is 19.7. The zero-order valence-electron chi connectivity index (χ0n) is 15.1. The van der Waals surface area contributed by atoms with Crippen molar-refractivity contribution in [2.45, 2.75) is 43.8 Å². The van der Waals surface area contributed by atoms with Crippen molar-refractivity contribution in [1.82, 2.24) is 14.9 Å². The summed E-state index contributed by atoms with van der Waals surface area (Å²) >= 11 is 4.69. The standard InChI is InChI=1S/C19H20BrN3O3S/c1-3-8-23-18(25)15-10-13(20)6-7-16(15)22-19(23)27-12(2)17(24)21-11-14-5-4-9-26-14/h4-7,9-10,12H,3,8,11H2,1-2H3,(H,21,24). The second kappa shape index (κ2) is 8.75. The van der Waals surface area contributed by atoms with Crippen LogP contribution in [0.2, 0.25) is 0 Å². The summed E-state index contributed by atoms with van der Waals surface area (Å²) in [5.74, 6) is 0.558. The second-order valence-electron chi connectivity index (χ2n) is 6.07. The molecular weight excluding hydrogens is 430 g/mol. The molecule has 0 radical (unpaired) electrons. The smallest absolute Gasteiger partial charge is 0.262 e. The fourth-order valence-corrected chi connectivity index (χ4v) is 3.95. The quantitative estimate of drug-likeness (QED) is 0.436.